The first-order valence-electron chi connectivity index (χ1n) is 31.6. The van der Waals surface area contributed by atoms with Gasteiger partial charge in [-0.25, -0.2) is 0 Å². The summed E-state index contributed by atoms with van der Waals surface area (Å²) in [5.74, 6) is 0. The number of fused-ring (bicyclic) bond motifs is 14. The molecule has 0 saturated carbocycles. The molecular formula is C86H63Br2IN4. The Morgan fingerprint density at radius 1 is 0.312 bits per heavy atom. The molecule has 0 spiro atoms. The Morgan fingerprint density at radius 3 is 1.33 bits per heavy atom. The van der Waals surface area contributed by atoms with Crippen LogP contribution in [0, 0.1) is 3.57 Å². The Bertz CT molecular complexity index is 5570. The third-order valence-corrected chi connectivity index (χ3v) is 20.8. The second-order valence-electron chi connectivity index (χ2n) is 25.4. The molecule has 14 aromatic carbocycles. The predicted octanol–water partition coefficient (Wildman–Crippen LogP) is 25.5. The predicted molar refractivity (Wildman–Crippen MR) is 411 cm³/mol. The summed E-state index contributed by atoms with van der Waals surface area (Å²) in [6, 6.07) is 110. The van der Waals surface area contributed by atoms with Crippen molar-refractivity contribution >= 4 is 148 Å². The number of hydrogen-bond acceptors (Lipinski definition) is 2. The summed E-state index contributed by atoms with van der Waals surface area (Å²) in [5, 5.41) is 13.6. The number of nitrogens with zero attached hydrogens (tertiary/aromatic N) is 3. The van der Waals surface area contributed by atoms with Crippen LogP contribution in [0.5, 0.6) is 0 Å². The highest BCUT2D eigenvalue weighted by molar-refractivity contribution is 14.1. The molecule has 2 heterocycles. The molecular weight excluding hydrogens is 1380 g/mol. The van der Waals surface area contributed by atoms with Crippen LogP contribution in [0.2, 0.25) is 0 Å². The van der Waals surface area contributed by atoms with Gasteiger partial charge in [0.05, 0.1) is 22.1 Å². The molecule has 0 radical (unpaired) electrons. The lowest BCUT2D eigenvalue weighted by molar-refractivity contribution is 0.660. The average molecular weight is 1440 g/mol. The highest BCUT2D eigenvalue weighted by Crippen LogP contribution is 2.52. The second-order valence-corrected chi connectivity index (χ2v) is 28.5. The van der Waals surface area contributed by atoms with Crippen molar-refractivity contribution in [3.63, 3.8) is 0 Å². The minimum Gasteiger partial charge on any atom is -0.355 e. The number of halogens is 3. The molecule has 2 aliphatic rings. The molecule has 448 valence electrons. The lowest BCUT2D eigenvalue weighted by atomic mass is 9.82. The fraction of sp³-hybridized carbons (Fsp3) is 0.0698. The molecule has 0 atom stereocenters. The zero-order valence-corrected chi connectivity index (χ0v) is 57.2. The smallest absolute Gasteiger partial charge is 0.0561 e. The molecule has 2 aliphatic carbocycles. The van der Waals surface area contributed by atoms with E-state index in [0.29, 0.717) is 0 Å². The summed E-state index contributed by atoms with van der Waals surface area (Å²) >= 11 is 9.41. The maximum atomic E-state index is 3.63. The molecule has 0 amide bonds. The van der Waals surface area contributed by atoms with Gasteiger partial charge in [-0.05, 0) is 222 Å². The summed E-state index contributed by atoms with van der Waals surface area (Å²) in [4.78, 5) is 2.37. The number of nitrogens with one attached hydrogen (secondary N) is 1. The van der Waals surface area contributed by atoms with Gasteiger partial charge < -0.3 is 19.4 Å². The minimum atomic E-state index is -0.0678. The monoisotopic (exact) mass is 1440 g/mol. The van der Waals surface area contributed by atoms with Crippen molar-refractivity contribution in [1.82, 2.24) is 9.13 Å². The Labute approximate surface area is 572 Å². The van der Waals surface area contributed by atoms with E-state index in [-0.39, 0.29) is 10.8 Å². The van der Waals surface area contributed by atoms with Crippen molar-refractivity contribution in [3.05, 3.63) is 338 Å². The normalized spacial score (nSPS) is 13.1. The molecule has 16 aromatic rings. The van der Waals surface area contributed by atoms with Crippen LogP contribution >= 0.6 is 54.5 Å². The molecule has 93 heavy (non-hydrogen) atoms. The van der Waals surface area contributed by atoms with Crippen LogP contribution in [-0.2, 0) is 10.8 Å². The first kappa shape index (κ1) is 58.6. The maximum absolute atomic E-state index is 3.63. The van der Waals surface area contributed by atoms with Crippen LogP contribution in [0.3, 0.4) is 0 Å². The second kappa shape index (κ2) is 23.6. The van der Waals surface area contributed by atoms with Crippen LogP contribution in [0.1, 0.15) is 49.9 Å². The largest absolute Gasteiger partial charge is 0.355 e. The highest BCUT2D eigenvalue weighted by Gasteiger charge is 2.37. The van der Waals surface area contributed by atoms with E-state index in [0.717, 1.165) is 37.4 Å². The minimum absolute atomic E-state index is 0.0271. The summed E-state index contributed by atoms with van der Waals surface area (Å²) in [7, 11) is 0. The van der Waals surface area contributed by atoms with E-state index in [1.54, 1.807) is 0 Å². The van der Waals surface area contributed by atoms with E-state index in [2.05, 4.69) is 399 Å². The van der Waals surface area contributed by atoms with Crippen molar-refractivity contribution < 1.29 is 0 Å². The Balaban J connectivity index is 0.000000128. The quantitative estimate of drug-likeness (QED) is 0.161. The molecule has 1 N–H and O–H groups in total. The summed E-state index contributed by atoms with van der Waals surface area (Å²) in [6.07, 6.45) is 0. The SMILES string of the molecule is Brc1ccc2cc(I)ccc2c1.CC1(C)c2ccccc2-c2ccc(-n3c4ccccc4c4ccc(N(c5ccccc5)c5ccc6cc(Br)ccc6c5)cc43)cc21.CC1(C)c2ccccc2-c2ccc(-n3c4ccccc4c4ccc(Nc5ccccc5)cc43)cc21. The fourth-order valence-corrected chi connectivity index (χ4v) is 15.9. The van der Waals surface area contributed by atoms with E-state index in [1.807, 2.05) is 6.07 Å². The van der Waals surface area contributed by atoms with Gasteiger partial charge in [-0.1, -0.05) is 229 Å². The first-order chi connectivity index (χ1) is 45.3. The van der Waals surface area contributed by atoms with Crippen LogP contribution < -0.4 is 10.2 Å². The Hall–Kier alpha value is -9.51. The molecule has 0 saturated heterocycles. The molecule has 18 rings (SSSR count). The maximum Gasteiger partial charge on any atom is 0.0561 e. The van der Waals surface area contributed by atoms with Crippen LogP contribution in [0.4, 0.5) is 28.4 Å². The fourth-order valence-electron chi connectivity index (χ4n) is 14.6. The number of hydrogen-bond donors (Lipinski definition) is 1. The Kier molecular flexibility index (Phi) is 14.8. The number of benzene rings is 14. The van der Waals surface area contributed by atoms with E-state index in [1.165, 1.54) is 125 Å². The zero-order valence-electron chi connectivity index (χ0n) is 51.8. The van der Waals surface area contributed by atoms with Gasteiger partial charge >= 0.3 is 0 Å². The molecule has 0 bridgehead atoms. The van der Waals surface area contributed by atoms with E-state index < -0.39 is 0 Å². The van der Waals surface area contributed by atoms with Gasteiger partial charge in [0.15, 0.2) is 0 Å². The number of aromatic nitrogens is 2. The van der Waals surface area contributed by atoms with E-state index in [9.17, 15) is 0 Å². The van der Waals surface area contributed by atoms with Gasteiger partial charge in [0, 0.05) is 84.7 Å². The molecule has 2 aromatic heterocycles. The summed E-state index contributed by atoms with van der Waals surface area (Å²) in [5.41, 5.74) is 23.6. The molecule has 0 fully saturated rings. The van der Waals surface area contributed by atoms with Crippen LogP contribution in [0.25, 0.3) is 98.8 Å². The third-order valence-electron chi connectivity index (χ3n) is 19.1. The molecule has 0 unspecified atom stereocenters. The van der Waals surface area contributed by atoms with E-state index in [4.69, 9.17) is 0 Å². The lowest BCUT2D eigenvalue weighted by Crippen LogP contribution is -2.15. The van der Waals surface area contributed by atoms with Gasteiger partial charge in [0.1, 0.15) is 0 Å². The van der Waals surface area contributed by atoms with Gasteiger partial charge in [-0.2, -0.15) is 0 Å². The summed E-state index contributed by atoms with van der Waals surface area (Å²) in [6.45, 7) is 9.39. The van der Waals surface area contributed by atoms with Gasteiger partial charge in [0.25, 0.3) is 0 Å². The number of para-hydroxylation sites is 4. The number of rotatable bonds is 7. The number of anilines is 5. The summed E-state index contributed by atoms with van der Waals surface area (Å²) < 4.78 is 8.37. The first-order valence-corrected chi connectivity index (χ1v) is 34.3. The van der Waals surface area contributed by atoms with Crippen molar-refractivity contribution in [2.24, 2.45) is 0 Å². The van der Waals surface area contributed by atoms with Crippen molar-refractivity contribution in [1.29, 1.82) is 0 Å². The lowest BCUT2D eigenvalue weighted by Gasteiger charge is -2.26. The standard InChI is InChI=1S/C43H31BrN2.C33H26N2.C10H6BrI/c1-43(2)39-14-8-6-12-35(39)36-22-20-33(26-40(36)43)46-41-15-9-7-13-37(41)38-23-21-34(27-42(38)46)45(31-10-4-3-5-11-31)32-19-17-28-24-30(44)18-16-29(28)25-32;1-33(2)29-14-8-6-12-25(29)26-19-17-24(21-30(26)33)35-31-15-9-7-13-27(31)28-18-16-23(20-32(28)35)34-22-10-4-3-5-11-22;11-9-3-1-8-6-10(12)4-2-7(8)5-9/h3-27H,1-2H3;3-21,34H,1-2H3;1-6H. The van der Waals surface area contributed by atoms with Gasteiger partial charge in [-0.3, -0.25) is 0 Å². The van der Waals surface area contributed by atoms with Crippen molar-refractivity contribution in [2.75, 3.05) is 10.2 Å². The highest BCUT2D eigenvalue weighted by atomic mass is 127. The van der Waals surface area contributed by atoms with E-state index >= 15 is 0 Å². The van der Waals surface area contributed by atoms with Crippen LogP contribution in [0.15, 0.2) is 312 Å². The third kappa shape index (κ3) is 10.4. The van der Waals surface area contributed by atoms with Crippen LogP contribution in [-0.4, -0.2) is 9.13 Å². The van der Waals surface area contributed by atoms with Crippen molar-refractivity contribution in [3.8, 4) is 33.6 Å². The molecule has 4 nitrogen and oxygen atoms in total. The zero-order chi connectivity index (χ0) is 63.1. The van der Waals surface area contributed by atoms with Gasteiger partial charge in [-0.15, -0.1) is 0 Å². The molecule has 7 heteroatoms. The van der Waals surface area contributed by atoms with Gasteiger partial charge in [0.2, 0.25) is 0 Å². The Morgan fingerprint density at radius 2 is 0.742 bits per heavy atom. The topological polar surface area (TPSA) is 25.1 Å². The average Bonchev–Trinajstić information content (AvgIpc) is 1.59. The van der Waals surface area contributed by atoms with Crippen molar-refractivity contribution in [2.45, 2.75) is 38.5 Å². The molecule has 0 aliphatic heterocycles.